The molecule has 1 aromatic heterocycles. The quantitative estimate of drug-likeness (QED) is 0.872. The van der Waals surface area contributed by atoms with Crippen molar-refractivity contribution in [1.82, 2.24) is 9.88 Å². The average molecular weight is 314 g/mol. The van der Waals surface area contributed by atoms with Gasteiger partial charge in [0.15, 0.2) is 0 Å². The number of fused-ring (bicyclic) bond motifs is 1. The highest BCUT2D eigenvalue weighted by atomic mass is 16.5. The predicted octanol–water partition coefficient (Wildman–Crippen LogP) is 3.71. The molecule has 124 valence electrons. The van der Waals surface area contributed by atoms with Gasteiger partial charge in [0.2, 0.25) is 0 Å². The van der Waals surface area contributed by atoms with Crippen LogP contribution in [0, 0.1) is 0 Å². The van der Waals surface area contributed by atoms with Gasteiger partial charge in [0.1, 0.15) is 5.69 Å². The van der Waals surface area contributed by atoms with Crippen LogP contribution in [0.25, 0.3) is 10.9 Å². The van der Waals surface area contributed by atoms with Crippen molar-refractivity contribution in [3.8, 4) is 0 Å². The molecule has 0 saturated carbocycles. The Morgan fingerprint density at radius 3 is 2.43 bits per heavy atom. The van der Waals surface area contributed by atoms with Crippen LogP contribution in [0.2, 0.25) is 0 Å². The van der Waals surface area contributed by atoms with Crippen LogP contribution in [0.15, 0.2) is 24.3 Å². The van der Waals surface area contributed by atoms with E-state index in [0.29, 0.717) is 18.8 Å². The number of nitrogens with zero attached hydrogens (tertiary/aromatic N) is 1. The molecule has 0 radical (unpaired) electrons. The summed E-state index contributed by atoms with van der Waals surface area (Å²) in [6.07, 6.45) is 0.166. The molecule has 4 heteroatoms. The van der Waals surface area contributed by atoms with Crippen LogP contribution in [0.4, 0.5) is 0 Å². The molecule has 1 aliphatic heterocycles. The van der Waals surface area contributed by atoms with E-state index in [4.69, 9.17) is 4.74 Å². The summed E-state index contributed by atoms with van der Waals surface area (Å²) < 4.78 is 5.71. The Hall–Kier alpha value is -1.81. The maximum atomic E-state index is 12.8. The van der Waals surface area contributed by atoms with Crippen LogP contribution in [-0.4, -0.2) is 41.1 Å². The number of aromatic amines is 1. The predicted molar refractivity (Wildman–Crippen MR) is 92.9 cm³/mol. The van der Waals surface area contributed by atoms with Crippen LogP contribution in [0.1, 0.15) is 50.7 Å². The van der Waals surface area contributed by atoms with E-state index >= 15 is 0 Å². The van der Waals surface area contributed by atoms with E-state index < -0.39 is 0 Å². The molecule has 1 amide bonds. The highest BCUT2D eigenvalue weighted by molar-refractivity contribution is 5.98. The molecule has 0 spiro atoms. The monoisotopic (exact) mass is 314 g/mol. The second-order valence-corrected chi connectivity index (χ2v) is 7.70. The second kappa shape index (κ2) is 5.68. The number of carbonyl (C=O) groups excluding carboxylic acids is 1. The molecule has 1 aromatic carbocycles. The van der Waals surface area contributed by atoms with Crippen molar-refractivity contribution >= 4 is 16.8 Å². The van der Waals surface area contributed by atoms with Crippen molar-refractivity contribution in [3.05, 3.63) is 35.5 Å². The number of ether oxygens (including phenoxy) is 1. The number of hydrogen-bond acceptors (Lipinski definition) is 2. The zero-order valence-corrected chi connectivity index (χ0v) is 14.6. The molecule has 2 atom stereocenters. The summed E-state index contributed by atoms with van der Waals surface area (Å²) in [6.45, 7) is 11.9. The highest BCUT2D eigenvalue weighted by Crippen LogP contribution is 2.27. The van der Waals surface area contributed by atoms with Crippen LogP contribution in [0.3, 0.4) is 0 Å². The van der Waals surface area contributed by atoms with Gasteiger partial charge >= 0.3 is 0 Å². The fourth-order valence-electron chi connectivity index (χ4n) is 3.22. The minimum absolute atomic E-state index is 0.0560. The molecule has 23 heavy (non-hydrogen) atoms. The third kappa shape index (κ3) is 3.27. The number of H-pyrrole nitrogens is 1. The van der Waals surface area contributed by atoms with Gasteiger partial charge in [-0.15, -0.1) is 0 Å². The Bertz CT molecular complexity index is 717. The van der Waals surface area contributed by atoms with Crippen LogP contribution in [-0.2, 0) is 10.2 Å². The zero-order valence-electron chi connectivity index (χ0n) is 14.6. The third-order valence-electron chi connectivity index (χ3n) is 4.43. The summed E-state index contributed by atoms with van der Waals surface area (Å²) >= 11 is 0. The first kappa shape index (κ1) is 16.1. The topological polar surface area (TPSA) is 45.3 Å². The Labute approximate surface area is 137 Å². The molecule has 1 aliphatic rings. The smallest absolute Gasteiger partial charge is 0.270 e. The minimum atomic E-state index is 0.0560. The normalized spacial score (nSPS) is 22.6. The molecule has 1 fully saturated rings. The van der Waals surface area contributed by atoms with E-state index in [-0.39, 0.29) is 23.5 Å². The average Bonchev–Trinajstić information content (AvgIpc) is 2.87. The summed E-state index contributed by atoms with van der Waals surface area (Å²) in [6, 6.07) is 8.34. The molecule has 1 saturated heterocycles. The summed E-state index contributed by atoms with van der Waals surface area (Å²) in [4.78, 5) is 18.0. The van der Waals surface area contributed by atoms with Crippen molar-refractivity contribution in [2.45, 2.75) is 52.2 Å². The first-order chi connectivity index (χ1) is 10.7. The highest BCUT2D eigenvalue weighted by Gasteiger charge is 2.27. The number of benzene rings is 1. The number of morpholine rings is 1. The van der Waals surface area contributed by atoms with E-state index in [0.717, 1.165) is 10.9 Å². The van der Waals surface area contributed by atoms with Crippen molar-refractivity contribution in [2.75, 3.05) is 13.1 Å². The van der Waals surface area contributed by atoms with E-state index in [9.17, 15) is 4.79 Å². The summed E-state index contributed by atoms with van der Waals surface area (Å²) in [5.41, 5.74) is 3.04. The van der Waals surface area contributed by atoms with Gasteiger partial charge in [0, 0.05) is 24.0 Å². The van der Waals surface area contributed by atoms with Gasteiger partial charge in [0.05, 0.1) is 12.2 Å². The van der Waals surface area contributed by atoms with E-state index in [1.165, 1.54) is 5.56 Å². The fraction of sp³-hybridized carbons (Fsp3) is 0.526. The number of carbonyl (C=O) groups is 1. The van der Waals surface area contributed by atoms with Crippen molar-refractivity contribution in [3.63, 3.8) is 0 Å². The largest absolute Gasteiger partial charge is 0.372 e. The summed E-state index contributed by atoms with van der Waals surface area (Å²) in [5, 5.41) is 1.08. The molecule has 1 N–H and O–H groups in total. The lowest BCUT2D eigenvalue weighted by Crippen LogP contribution is -2.48. The Morgan fingerprint density at radius 1 is 1.17 bits per heavy atom. The van der Waals surface area contributed by atoms with Gasteiger partial charge in [-0.3, -0.25) is 4.79 Å². The number of aromatic nitrogens is 1. The van der Waals surface area contributed by atoms with Crippen molar-refractivity contribution in [1.29, 1.82) is 0 Å². The first-order valence-corrected chi connectivity index (χ1v) is 8.32. The van der Waals surface area contributed by atoms with Crippen LogP contribution >= 0.6 is 0 Å². The first-order valence-electron chi connectivity index (χ1n) is 8.32. The molecular formula is C19H26N2O2. The molecule has 0 aliphatic carbocycles. The van der Waals surface area contributed by atoms with E-state index in [1.807, 2.05) is 24.8 Å². The fourth-order valence-corrected chi connectivity index (χ4v) is 3.22. The number of nitrogens with one attached hydrogen (secondary N) is 1. The number of amides is 1. The van der Waals surface area contributed by atoms with Crippen LogP contribution < -0.4 is 0 Å². The van der Waals surface area contributed by atoms with E-state index in [2.05, 4.69) is 44.0 Å². The zero-order chi connectivity index (χ0) is 16.8. The number of rotatable bonds is 1. The van der Waals surface area contributed by atoms with E-state index in [1.54, 1.807) is 0 Å². The standard InChI is InChI=1S/C19H26N2O2/c1-12-10-21(11-13(2)23-12)18(22)17-8-14-6-7-15(19(3,4)5)9-16(14)20-17/h6-9,12-13,20H,10-11H2,1-5H3. The molecule has 2 aromatic rings. The Morgan fingerprint density at radius 2 is 1.83 bits per heavy atom. The lowest BCUT2D eigenvalue weighted by atomic mass is 9.87. The molecule has 2 unspecified atom stereocenters. The SMILES string of the molecule is CC1CN(C(=O)c2cc3ccc(C(C)(C)C)cc3[nH]2)CC(C)O1. The Kier molecular flexibility index (Phi) is 3.96. The number of hydrogen-bond donors (Lipinski definition) is 1. The third-order valence-corrected chi connectivity index (χ3v) is 4.43. The van der Waals surface area contributed by atoms with Gasteiger partial charge in [0.25, 0.3) is 5.91 Å². The molecule has 0 bridgehead atoms. The molecular weight excluding hydrogens is 288 g/mol. The van der Waals surface area contributed by atoms with Gasteiger partial charge in [-0.05, 0) is 37.0 Å². The molecule has 3 rings (SSSR count). The molecule has 4 nitrogen and oxygen atoms in total. The second-order valence-electron chi connectivity index (χ2n) is 7.70. The minimum Gasteiger partial charge on any atom is -0.372 e. The van der Waals surface area contributed by atoms with Gasteiger partial charge < -0.3 is 14.6 Å². The van der Waals surface area contributed by atoms with Crippen molar-refractivity contribution in [2.24, 2.45) is 0 Å². The lowest BCUT2D eigenvalue weighted by molar-refractivity contribution is -0.0587. The lowest BCUT2D eigenvalue weighted by Gasteiger charge is -2.35. The maximum Gasteiger partial charge on any atom is 0.270 e. The van der Waals surface area contributed by atoms with Crippen molar-refractivity contribution < 1.29 is 9.53 Å². The van der Waals surface area contributed by atoms with Crippen LogP contribution in [0.5, 0.6) is 0 Å². The van der Waals surface area contributed by atoms with Gasteiger partial charge in [-0.2, -0.15) is 0 Å². The molecule has 2 heterocycles. The van der Waals surface area contributed by atoms with Gasteiger partial charge in [-0.1, -0.05) is 32.9 Å². The van der Waals surface area contributed by atoms with Gasteiger partial charge in [-0.25, -0.2) is 0 Å². The summed E-state index contributed by atoms with van der Waals surface area (Å²) in [5.74, 6) is 0.0560. The summed E-state index contributed by atoms with van der Waals surface area (Å²) in [7, 11) is 0. The maximum absolute atomic E-state index is 12.8. The Balaban J connectivity index is 1.89.